The standard InChI is InChI=1S/C24H21FN2O2/c1-16-9-11-17(12-10-16)22(14-23(28)26-20-7-4-6-19(25)13-20)27-15-18-5-2-3-8-21(18)24(27)29/h2-13,22H,14-15H2,1H3,(H,26,28). The Labute approximate surface area is 169 Å². The number of hydrogen-bond acceptors (Lipinski definition) is 2. The van der Waals surface area contributed by atoms with Crippen LogP contribution >= 0.6 is 0 Å². The molecule has 0 fully saturated rings. The summed E-state index contributed by atoms with van der Waals surface area (Å²) in [4.78, 5) is 27.5. The minimum absolute atomic E-state index is 0.0790. The first-order valence-electron chi connectivity index (χ1n) is 9.52. The van der Waals surface area contributed by atoms with E-state index in [1.165, 1.54) is 12.1 Å². The minimum Gasteiger partial charge on any atom is -0.327 e. The number of anilines is 1. The highest BCUT2D eigenvalue weighted by Gasteiger charge is 2.34. The Morgan fingerprint density at radius 2 is 1.83 bits per heavy atom. The number of rotatable bonds is 5. The Morgan fingerprint density at radius 3 is 2.55 bits per heavy atom. The van der Waals surface area contributed by atoms with E-state index in [0.717, 1.165) is 16.7 Å². The van der Waals surface area contributed by atoms with Gasteiger partial charge in [-0.3, -0.25) is 9.59 Å². The van der Waals surface area contributed by atoms with Crippen molar-refractivity contribution >= 4 is 17.5 Å². The fraction of sp³-hybridized carbons (Fsp3) is 0.167. The van der Waals surface area contributed by atoms with Crippen molar-refractivity contribution in [2.24, 2.45) is 0 Å². The fourth-order valence-corrected chi connectivity index (χ4v) is 3.68. The lowest BCUT2D eigenvalue weighted by Gasteiger charge is -2.28. The van der Waals surface area contributed by atoms with Gasteiger partial charge in [0, 0.05) is 17.8 Å². The number of carbonyl (C=O) groups excluding carboxylic acids is 2. The Morgan fingerprint density at radius 1 is 1.07 bits per heavy atom. The van der Waals surface area contributed by atoms with Gasteiger partial charge in [-0.25, -0.2) is 4.39 Å². The molecule has 0 bridgehead atoms. The molecule has 4 rings (SSSR count). The van der Waals surface area contributed by atoms with Crippen LogP contribution in [0.4, 0.5) is 10.1 Å². The highest BCUT2D eigenvalue weighted by molar-refractivity contribution is 5.99. The number of halogens is 1. The molecule has 1 aliphatic rings. The molecule has 3 aromatic carbocycles. The summed E-state index contributed by atoms with van der Waals surface area (Å²) in [6, 6.07) is 20.7. The lowest BCUT2D eigenvalue weighted by Crippen LogP contribution is -2.32. The minimum atomic E-state index is -0.414. The molecule has 0 saturated heterocycles. The Kier molecular flexibility index (Phi) is 5.12. The van der Waals surface area contributed by atoms with Crippen molar-refractivity contribution in [2.45, 2.75) is 25.9 Å². The van der Waals surface area contributed by atoms with Gasteiger partial charge in [-0.1, -0.05) is 54.1 Å². The molecule has 0 aromatic heterocycles. The van der Waals surface area contributed by atoms with Crippen LogP contribution in [-0.4, -0.2) is 16.7 Å². The summed E-state index contributed by atoms with van der Waals surface area (Å²) in [5.74, 6) is -0.766. The zero-order chi connectivity index (χ0) is 20.4. The highest BCUT2D eigenvalue weighted by atomic mass is 19.1. The van der Waals surface area contributed by atoms with E-state index in [2.05, 4.69) is 5.32 Å². The van der Waals surface area contributed by atoms with Crippen LogP contribution in [-0.2, 0) is 11.3 Å². The third-order valence-electron chi connectivity index (χ3n) is 5.17. The second-order valence-electron chi connectivity index (χ2n) is 7.28. The smallest absolute Gasteiger partial charge is 0.255 e. The maximum atomic E-state index is 13.4. The molecule has 29 heavy (non-hydrogen) atoms. The van der Waals surface area contributed by atoms with E-state index in [4.69, 9.17) is 0 Å². The van der Waals surface area contributed by atoms with Gasteiger partial charge in [0.05, 0.1) is 12.5 Å². The van der Waals surface area contributed by atoms with Crippen molar-refractivity contribution in [3.05, 3.63) is 101 Å². The van der Waals surface area contributed by atoms with Gasteiger partial charge in [0.2, 0.25) is 5.91 Å². The molecule has 2 amide bonds. The number of amides is 2. The summed E-state index contributed by atoms with van der Waals surface area (Å²) in [5.41, 5.74) is 4.03. The fourth-order valence-electron chi connectivity index (χ4n) is 3.68. The summed E-state index contributed by atoms with van der Waals surface area (Å²) < 4.78 is 13.4. The Balaban J connectivity index is 1.60. The second-order valence-corrected chi connectivity index (χ2v) is 7.28. The van der Waals surface area contributed by atoms with Crippen LogP contribution in [0.1, 0.15) is 39.5 Å². The number of fused-ring (bicyclic) bond motifs is 1. The molecule has 146 valence electrons. The van der Waals surface area contributed by atoms with E-state index in [1.54, 1.807) is 17.0 Å². The summed E-state index contributed by atoms with van der Waals surface area (Å²) in [5, 5.41) is 2.74. The summed E-state index contributed by atoms with van der Waals surface area (Å²) >= 11 is 0. The quantitative estimate of drug-likeness (QED) is 0.679. The van der Waals surface area contributed by atoms with Crippen LogP contribution in [0.3, 0.4) is 0 Å². The largest absolute Gasteiger partial charge is 0.327 e. The van der Waals surface area contributed by atoms with Crippen molar-refractivity contribution in [3.8, 4) is 0 Å². The maximum absolute atomic E-state index is 13.4. The van der Waals surface area contributed by atoms with E-state index in [-0.39, 0.29) is 18.2 Å². The maximum Gasteiger partial charge on any atom is 0.255 e. The van der Waals surface area contributed by atoms with Gasteiger partial charge in [0.1, 0.15) is 5.82 Å². The molecule has 0 radical (unpaired) electrons. The number of nitrogens with one attached hydrogen (secondary N) is 1. The normalized spacial score (nSPS) is 13.9. The monoisotopic (exact) mass is 388 g/mol. The predicted molar refractivity (Wildman–Crippen MR) is 110 cm³/mol. The summed E-state index contributed by atoms with van der Waals surface area (Å²) in [7, 11) is 0. The first-order chi connectivity index (χ1) is 14.0. The molecular formula is C24H21FN2O2. The average molecular weight is 388 g/mol. The van der Waals surface area contributed by atoms with E-state index in [0.29, 0.717) is 17.8 Å². The number of carbonyl (C=O) groups is 2. The first kappa shape index (κ1) is 18.9. The van der Waals surface area contributed by atoms with Crippen LogP contribution in [0.5, 0.6) is 0 Å². The topological polar surface area (TPSA) is 49.4 Å². The Bertz CT molecular complexity index is 1060. The zero-order valence-corrected chi connectivity index (χ0v) is 16.1. The molecule has 0 spiro atoms. The predicted octanol–water partition coefficient (Wildman–Crippen LogP) is 4.86. The third kappa shape index (κ3) is 4.04. The van der Waals surface area contributed by atoms with Crippen LogP contribution in [0.25, 0.3) is 0 Å². The second kappa shape index (κ2) is 7.87. The number of hydrogen-bond donors (Lipinski definition) is 1. The average Bonchev–Trinajstić information content (AvgIpc) is 3.04. The molecule has 0 aliphatic carbocycles. The molecule has 0 saturated carbocycles. The molecule has 1 unspecified atom stereocenters. The SMILES string of the molecule is Cc1ccc(C(CC(=O)Nc2cccc(F)c2)N2Cc3ccccc3C2=O)cc1. The van der Waals surface area contributed by atoms with E-state index in [1.807, 2.05) is 55.5 Å². The van der Waals surface area contributed by atoms with Crippen LogP contribution in [0.2, 0.25) is 0 Å². The Hall–Kier alpha value is -3.47. The van der Waals surface area contributed by atoms with Crippen LogP contribution in [0, 0.1) is 12.7 Å². The zero-order valence-electron chi connectivity index (χ0n) is 16.1. The molecule has 1 N–H and O–H groups in total. The van der Waals surface area contributed by atoms with Crippen molar-refractivity contribution in [3.63, 3.8) is 0 Å². The molecule has 1 atom stereocenters. The van der Waals surface area contributed by atoms with Crippen molar-refractivity contribution in [1.29, 1.82) is 0 Å². The van der Waals surface area contributed by atoms with Gasteiger partial charge in [-0.05, 0) is 42.3 Å². The molecular weight excluding hydrogens is 367 g/mol. The lowest BCUT2D eigenvalue weighted by molar-refractivity contribution is -0.117. The van der Waals surface area contributed by atoms with E-state index in [9.17, 15) is 14.0 Å². The van der Waals surface area contributed by atoms with Gasteiger partial charge in [0.25, 0.3) is 5.91 Å². The molecule has 1 aliphatic heterocycles. The lowest BCUT2D eigenvalue weighted by atomic mass is 10.00. The molecule has 5 heteroatoms. The molecule has 4 nitrogen and oxygen atoms in total. The first-order valence-corrected chi connectivity index (χ1v) is 9.52. The van der Waals surface area contributed by atoms with Crippen molar-refractivity contribution in [1.82, 2.24) is 4.90 Å². The van der Waals surface area contributed by atoms with Gasteiger partial charge in [-0.2, -0.15) is 0 Å². The number of benzene rings is 3. The summed E-state index contributed by atoms with van der Waals surface area (Å²) in [6.07, 6.45) is 0.0826. The molecule has 3 aromatic rings. The van der Waals surface area contributed by atoms with Gasteiger partial charge in [0.15, 0.2) is 0 Å². The van der Waals surface area contributed by atoms with Gasteiger partial charge < -0.3 is 10.2 Å². The van der Waals surface area contributed by atoms with Crippen LogP contribution < -0.4 is 5.32 Å². The van der Waals surface area contributed by atoms with Crippen molar-refractivity contribution in [2.75, 3.05) is 5.32 Å². The van der Waals surface area contributed by atoms with E-state index < -0.39 is 11.9 Å². The van der Waals surface area contributed by atoms with Crippen molar-refractivity contribution < 1.29 is 14.0 Å². The highest BCUT2D eigenvalue weighted by Crippen LogP contribution is 2.33. The number of nitrogens with zero attached hydrogens (tertiary/aromatic N) is 1. The summed E-state index contributed by atoms with van der Waals surface area (Å²) in [6.45, 7) is 2.45. The van der Waals surface area contributed by atoms with Gasteiger partial charge in [-0.15, -0.1) is 0 Å². The van der Waals surface area contributed by atoms with Gasteiger partial charge >= 0.3 is 0 Å². The van der Waals surface area contributed by atoms with E-state index >= 15 is 0 Å². The molecule has 1 heterocycles. The number of aryl methyl sites for hydroxylation is 1. The third-order valence-corrected chi connectivity index (χ3v) is 5.17. The van der Waals surface area contributed by atoms with Crippen LogP contribution in [0.15, 0.2) is 72.8 Å².